The van der Waals surface area contributed by atoms with Crippen molar-refractivity contribution in [2.75, 3.05) is 11.5 Å². The first kappa shape index (κ1) is 18.3. The molecule has 0 saturated heterocycles. The molecule has 2 heteroatoms. The molecule has 0 aliphatic heterocycles. The van der Waals surface area contributed by atoms with Gasteiger partial charge in [0.05, 0.1) is 0 Å². The summed E-state index contributed by atoms with van der Waals surface area (Å²) < 4.78 is 12.2. The summed E-state index contributed by atoms with van der Waals surface area (Å²) in [5.74, 6) is 3.27. The lowest BCUT2D eigenvalue weighted by Crippen LogP contribution is -2.23. The molecule has 2 unspecified atom stereocenters. The lowest BCUT2D eigenvalue weighted by Gasteiger charge is -2.21. The summed E-state index contributed by atoms with van der Waals surface area (Å²) >= 11 is -0.587. The van der Waals surface area contributed by atoms with Crippen molar-refractivity contribution >= 4 is 11.2 Å². The quantitative estimate of drug-likeness (QED) is 0.450. The van der Waals surface area contributed by atoms with Crippen LogP contribution in [0.2, 0.25) is 0 Å². The maximum absolute atomic E-state index is 12.2. The van der Waals surface area contributed by atoms with Gasteiger partial charge in [0, 0.05) is 11.8 Å². The minimum absolute atomic E-state index is 0.587. The summed E-state index contributed by atoms with van der Waals surface area (Å²) in [5, 5.41) is 0. The Kier molecular flexibility index (Phi) is 12.6. The zero-order chi connectivity index (χ0) is 13.8. The highest BCUT2D eigenvalue weighted by Crippen LogP contribution is 2.20. The fraction of sp³-hybridized carbons (Fsp3) is 1.00. The van der Waals surface area contributed by atoms with Crippen LogP contribution in [0.5, 0.6) is 0 Å². The van der Waals surface area contributed by atoms with E-state index in [2.05, 4.69) is 27.7 Å². The third-order valence-electron chi connectivity index (χ3n) is 3.93. The molecule has 0 aromatic rings. The van der Waals surface area contributed by atoms with Gasteiger partial charge in [0.2, 0.25) is 0 Å². The molecule has 0 heterocycles. The van der Waals surface area contributed by atoms with Gasteiger partial charge in [-0.05, 0) is 25.7 Å². The molecule has 110 valence electrons. The lowest BCUT2D eigenvalue weighted by atomic mass is 10.0. The van der Waals surface area contributed by atoms with Crippen molar-refractivity contribution in [3.05, 3.63) is 0 Å². The summed E-state index contributed by atoms with van der Waals surface area (Å²) in [5.41, 5.74) is 0. The molecule has 0 aromatic heterocycles. The smallest absolute Gasteiger partial charge is 0.108 e. The fourth-order valence-corrected chi connectivity index (χ4v) is 4.38. The highest BCUT2D eigenvalue weighted by Gasteiger charge is 2.19. The molecular formula is C16H34OS. The molecule has 0 aromatic carbocycles. The number of hydrogen-bond donors (Lipinski definition) is 0. The summed E-state index contributed by atoms with van der Waals surface area (Å²) in [6.45, 7) is 8.96. The van der Waals surface area contributed by atoms with Crippen LogP contribution in [0.4, 0.5) is 0 Å². The summed E-state index contributed by atoms with van der Waals surface area (Å²) in [6.07, 6.45) is 10.0. The average molecular weight is 275 g/mol. The van der Waals surface area contributed by atoms with Crippen LogP contribution in [0.15, 0.2) is 0 Å². The minimum Gasteiger partial charge on any atom is -0.616 e. The predicted molar refractivity (Wildman–Crippen MR) is 84.5 cm³/mol. The fourth-order valence-electron chi connectivity index (χ4n) is 2.39. The Morgan fingerprint density at radius 2 is 1.17 bits per heavy atom. The molecule has 0 fully saturated rings. The van der Waals surface area contributed by atoms with E-state index < -0.39 is 11.2 Å². The van der Waals surface area contributed by atoms with E-state index in [1.807, 2.05) is 0 Å². The van der Waals surface area contributed by atoms with Crippen molar-refractivity contribution < 1.29 is 4.55 Å². The molecule has 0 amide bonds. The Balaban J connectivity index is 3.92. The van der Waals surface area contributed by atoms with Gasteiger partial charge in [-0.25, -0.2) is 0 Å². The topological polar surface area (TPSA) is 23.1 Å². The SMILES string of the molecule is CCCCC(CC)C[S+]([O-])CC(CC)CCCC. The predicted octanol–water partition coefficient (Wildman–Crippen LogP) is 5.17. The van der Waals surface area contributed by atoms with Crippen molar-refractivity contribution in [2.24, 2.45) is 11.8 Å². The van der Waals surface area contributed by atoms with Crippen LogP contribution in [0.1, 0.15) is 79.1 Å². The normalized spacial score (nSPS) is 16.5. The Hall–Kier alpha value is 0.310. The maximum Gasteiger partial charge on any atom is 0.108 e. The first-order chi connectivity index (χ1) is 8.67. The van der Waals surface area contributed by atoms with E-state index in [1.165, 1.54) is 51.4 Å². The molecule has 0 radical (unpaired) electrons. The van der Waals surface area contributed by atoms with Crippen LogP contribution >= 0.6 is 0 Å². The second kappa shape index (κ2) is 12.3. The first-order valence-electron chi connectivity index (χ1n) is 8.02. The van der Waals surface area contributed by atoms with Crippen molar-refractivity contribution in [2.45, 2.75) is 79.1 Å². The van der Waals surface area contributed by atoms with Crippen molar-refractivity contribution in [3.8, 4) is 0 Å². The van der Waals surface area contributed by atoms with Gasteiger partial charge in [-0.1, -0.05) is 64.6 Å². The zero-order valence-electron chi connectivity index (χ0n) is 13.0. The van der Waals surface area contributed by atoms with Gasteiger partial charge in [-0.3, -0.25) is 0 Å². The molecule has 2 atom stereocenters. The molecule has 0 aliphatic carbocycles. The van der Waals surface area contributed by atoms with Crippen LogP contribution in [0, 0.1) is 11.8 Å². The first-order valence-corrected chi connectivity index (χ1v) is 9.51. The Bertz CT molecular complexity index is 154. The van der Waals surface area contributed by atoms with E-state index in [0.29, 0.717) is 11.8 Å². The third kappa shape index (κ3) is 9.27. The molecule has 0 spiro atoms. The number of rotatable bonds is 12. The van der Waals surface area contributed by atoms with Crippen molar-refractivity contribution in [3.63, 3.8) is 0 Å². The largest absolute Gasteiger partial charge is 0.616 e. The summed E-state index contributed by atoms with van der Waals surface area (Å²) in [6, 6.07) is 0. The van der Waals surface area contributed by atoms with Crippen molar-refractivity contribution in [1.29, 1.82) is 0 Å². The molecule has 0 saturated carbocycles. The van der Waals surface area contributed by atoms with Crippen molar-refractivity contribution in [1.82, 2.24) is 0 Å². The van der Waals surface area contributed by atoms with Gasteiger partial charge in [0.25, 0.3) is 0 Å². The van der Waals surface area contributed by atoms with Crippen LogP contribution in [0.25, 0.3) is 0 Å². The monoisotopic (exact) mass is 274 g/mol. The second-order valence-corrected chi connectivity index (χ2v) is 7.15. The van der Waals surface area contributed by atoms with E-state index in [0.717, 1.165) is 11.5 Å². The molecule has 0 N–H and O–H groups in total. The van der Waals surface area contributed by atoms with E-state index in [1.54, 1.807) is 0 Å². The summed E-state index contributed by atoms with van der Waals surface area (Å²) in [4.78, 5) is 0. The van der Waals surface area contributed by atoms with E-state index in [-0.39, 0.29) is 0 Å². The van der Waals surface area contributed by atoms with Gasteiger partial charge in [-0.15, -0.1) is 0 Å². The Labute approximate surface area is 118 Å². The third-order valence-corrected chi connectivity index (χ3v) is 5.62. The maximum atomic E-state index is 12.2. The Morgan fingerprint density at radius 3 is 1.44 bits per heavy atom. The lowest BCUT2D eigenvalue weighted by molar-refractivity contribution is 0.464. The number of unbranched alkanes of at least 4 members (excludes halogenated alkanes) is 2. The highest BCUT2D eigenvalue weighted by molar-refractivity contribution is 7.91. The molecule has 1 nitrogen and oxygen atoms in total. The standard InChI is InChI=1S/C16H34OS/c1-5-9-11-15(7-3)13-18(17)14-16(8-4)12-10-6-2/h15-16H,5-14H2,1-4H3. The van der Waals surface area contributed by atoms with Crippen LogP contribution in [-0.4, -0.2) is 16.1 Å². The zero-order valence-corrected chi connectivity index (χ0v) is 13.9. The Morgan fingerprint density at radius 1 is 0.778 bits per heavy atom. The molecule has 18 heavy (non-hydrogen) atoms. The van der Waals surface area contributed by atoms with Gasteiger partial charge < -0.3 is 4.55 Å². The van der Waals surface area contributed by atoms with E-state index in [4.69, 9.17) is 0 Å². The molecule has 0 aliphatic rings. The van der Waals surface area contributed by atoms with Gasteiger partial charge >= 0.3 is 0 Å². The molecule has 0 rings (SSSR count). The van der Waals surface area contributed by atoms with Gasteiger partial charge in [0.15, 0.2) is 0 Å². The number of hydrogen-bond acceptors (Lipinski definition) is 1. The molecular weight excluding hydrogens is 240 g/mol. The van der Waals surface area contributed by atoms with E-state index >= 15 is 0 Å². The van der Waals surface area contributed by atoms with Gasteiger partial charge in [-0.2, -0.15) is 0 Å². The molecule has 0 bridgehead atoms. The van der Waals surface area contributed by atoms with Crippen LogP contribution < -0.4 is 0 Å². The average Bonchev–Trinajstić information content (AvgIpc) is 2.39. The van der Waals surface area contributed by atoms with Crippen LogP contribution in [-0.2, 0) is 11.2 Å². The second-order valence-electron chi connectivity index (χ2n) is 5.61. The highest BCUT2D eigenvalue weighted by atomic mass is 32.2. The van der Waals surface area contributed by atoms with Gasteiger partial charge in [0.1, 0.15) is 11.5 Å². The van der Waals surface area contributed by atoms with Crippen LogP contribution in [0.3, 0.4) is 0 Å². The van der Waals surface area contributed by atoms with E-state index in [9.17, 15) is 4.55 Å². The summed E-state index contributed by atoms with van der Waals surface area (Å²) in [7, 11) is 0. The minimum atomic E-state index is -0.587.